The van der Waals surface area contributed by atoms with Gasteiger partial charge in [-0.05, 0) is 20.2 Å². The number of nitrogens with one attached hydrogen (secondary N) is 1. The zero-order valence-electron chi connectivity index (χ0n) is 15.1. The largest absolute Gasteiger partial charge is 0.491 e. The highest BCUT2D eigenvalue weighted by atomic mass is 32.2. The van der Waals surface area contributed by atoms with Gasteiger partial charge in [-0.15, -0.1) is 0 Å². The van der Waals surface area contributed by atoms with Gasteiger partial charge < -0.3 is 19.9 Å². The van der Waals surface area contributed by atoms with Gasteiger partial charge >= 0.3 is 0 Å². The molecule has 2 atom stereocenters. The number of amides is 1. The van der Waals surface area contributed by atoms with E-state index in [2.05, 4.69) is 5.32 Å². The minimum atomic E-state index is -3.14. The third kappa shape index (κ3) is 4.63. The molecule has 2 aliphatic rings. The normalized spacial score (nSPS) is 24.2. The molecule has 0 spiro atoms. The zero-order chi connectivity index (χ0) is 18.7. The molecule has 0 aliphatic carbocycles. The van der Waals surface area contributed by atoms with Gasteiger partial charge in [-0.1, -0.05) is 24.3 Å². The number of likely N-dealkylation sites (N-methyl/N-ethyl adjacent to an activating group) is 1. The average Bonchev–Trinajstić information content (AvgIpc) is 2.83. The van der Waals surface area contributed by atoms with Crippen LogP contribution >= 0.6 is 0 Å². The Morgan fingerprint density at radius 3 is 2.81 bits per heavy atom. The quantitative estimate of drug-likeness (QED) is 0.790. The van der Waals surface area contributed by atoms with Crippen LogP contribution in [0.4, 0.5) is 0 Å². The Labute approximate surface area is 154 Å². The van der Waals surface area contributed by atoms with Crippen LogP contribution in [-0.2, 0) is 21.2 Å². The summed E-state index contributed by atoms with van der Waals surface area (Å²) in [6, 6.07) is 7.35. The van der Waals surface area contributed by atoms with Crippen molar-refractivity contribution >= 4 is 15.7 Å². The number of carbonyl (C=O) groups excluding carboxylic acids is 1. The molecule has 26 heavy (non-hydrogen) atoms. The summed E-state index contributed by atoms with van der Waals surface area (Å²) in [4.78, 5) is 16.7. The van der Waals surface area contributed by atoms with E-state index < -0.39 is 9.84 Å². The summed E-state index contributed by atoms with van der Waals surface area (Å²) in [5.74, 6) is 0.757. The highest BCUT2D eigenvalue weighted by Gasteiger charge is 2.30. The minimum Gasteiger partial charge on any atom is -0.491 e. The molecule has 0 radical (unpaired) electrons. The van der Waals surface area contributed by atoms with Gasteiger partial charge in [0.1, 0.15) is 12.4 Å². The first-order valence-corrected chi connectivity index (χ1v) is 10.3. The van der Waals surface area contributed by atoms with Gasteiger partial charge in [-0.3, -0.25) is 4.79 Å². The van der Waals surface area contributed by atoms with Crippen LogP contribution in [0.5, 0.6) is 5.75 Å². The Hall–Kier alpha value is -1.90. The number of fused-ring (bicyclic) bond motifs is 1. The highest BCUT2D eigenvalue weighted by Crippen LogP contribution is 2.25. The average molecular weight is 379 g/mol. The Balaban J connectivity index is 1.70. The molecule has 8 heteroatoms. The van der Waals surface area contributed by atoms with E-state index in [4.69, 9.17) is 4.74 Å². The summed E-state index contributed by atoms with van der Waals surface area (Å²) in [6.45, 7) is 1.70. The second-order valence-corrected chi connectivity index (χ2v) is 8.93. The lowest BCUT2D eigenvalue weighted by Gasteiger charge is -2.31. The summed E-state index contributed by atoms with van der Waals surface area (Å²) in [7, 11) is 0.795. The van der Waals surface area contributed by atoms with Gasteiger partial charge in [-0.25, -0.2) is 8.42 Å². The molecule has 7 nitrogen and oxygen atoms in total. The standard InChI is InChI=1S/C18H25N3O4S/c1-20(2)11-16-12-25-17-6-4-3-5-14(17)10-21(16)18(22)9-19-15-7-8-26(23,24)13-15/h3-8,15-16,19H,9-13H2,1-2H3. The molecule has 1 aromatic rings. The van der Waals surface area contributed by atoms with E-state index in [9.17, 15) is 13.2 Å². The summed E-state index contributed by atoms with van der Waals surface area (Å²) in [6.07, 6.45) is 1.60. The fourth-order valence-corrected chi connectivity index (χ4v) is 4.52. The van der Waals surface area contributed by atoms with E-state index in [1.807, 2.05) is 48.2 Å². The lowest BCUT2D eigenvalue weighted by molar-refractivity contribution is -0.134. The van der Waals surface area contributed by atoms with Crippen molar-refractivity contribution in [2.75, 3.05) is 39.5 Å². The van der Waals surface area contributed by atoms with Gasteiger partial charge in [0.2, 0.25) is 5.91 Å². The van der Waals surface area contributed by atoms with Crippen LogP contribution in [0, 0.1) is 0 Å². The van der Waals surface area contributed by atoms with Crippen LogP contribution in [0.15, 0.2) is 35.7 Å². The number of nitrogens with zero attached hydrogens (tertiary/aromatic N) is 2. The van der Waals surface area contributed by atoms with Crippen LogP contribution in [0.25, 0.3) is 0 Å². The second kappa shape index (κ2) is 7.77. The number of benzene rings is 1. The SMILES string of the molecule is CN(C)CC1COc2ccccc2CN1C(=O)CNC1C=CS(=O)(=O)C1. The third-order valence-corrected chi connectivity index (χ3v) is 5.92. The van der Waals surface area contributed by atoms with E-state index in [-0.39, 0.29) is 30.3 Å². The summed E-state index contributed by atoms with van der Waals surface area (Å²) in [5.41, 5.74) is 0.977. The van der Waals surface area contributed by atoms with Crippen LogP contribution in [0.1, 0.15) is 5.56 Å². The molecular formula is C18H25N3O4S. The fourth-order valence-electron chi connectivity index (χ4n) is 3.25. The lowest BCUT2D eigenvalue weighted by atomic mass is 10.1. The Kier molecular flexibility index (Phi) is 5.64. The van der Waals surface area contributed by atoms with Crippen LogP contribution in [-0.4, -0.2) is 75.8 Å². The first-order valence-electron chi connectivity index (χ1n) is 8.63. The molecule has 1 aromatic carbocycles. The molecule has 0 fully saturated rings. The molecule has 2 heterocycles. The first kappa shape index (κ1) is 18.9. The molecule has 0 bridgehead atoms. The number of rotatable bonds is 5. The predicted octanol–water partition coefficient (Wildman–Crippen LogP) is 0.238. The molecule has 2 unspecified atom stereocenters. The van der Waals surface area contributed by atoms with Crippen molar-refractivity contribution < 1.29 is 17.9 Å². The summed E-state index contributed by atoms with van der Waals surface area (Å²) in [5, 5.41) is 4.25. The van der Waals surface area contributed by atoms with Crippen molar-refractivity contribution in [2.45, 2.75) is 18.6 Å². The highest BCUT2D eigenvalue weighted by molar-refractivity contribution is 7.94. The second-order valence-electron chi connectivity index (χ2n) is 7.00. The van der Waals surface area contributed by atoms with Crippen molar-refractivity contribution in [1.82, 2.24) is 15.1 Å². The molecule has 0 aromatic heterocycles. The van der Waals surface area contributed by atoms with Gasteiger partial charge in [0.05, 0.1) is 18.3 Å². The van der Waals surface area contributed by atoms with Crippen molar-refractivity contribution in [2.24, 2.45) is 0 Å². The maximum Gasteiger partial charge on any atom is 0.237 e. The first-order chi connectivity index (χ1) is 12.3. The maximum atomic E-state index is 12.9. The minimum absolute atomic E-state index is 0.00729. The van der Waals surface area contributed by atoms with Gasteiger partial charge in [0, 0.05) is 30.1 Å². The molecule has 3 rings (SSSR count). The fraction of sp³-hybridized carbons (Fsp3) is 0.500. The van der Waals surface area contributed by atoms with E-state index >= 15 is 0 Å². The number of ether oxygens (including phenoxy) is 1. The van der Waals surface area contributed by atoms with Crippen LogP contribution in [0.3, 0.4) is 0 Å². The molecule has 2 aliphatic heterocycles. The maximum absolute atomic E-state index is 12.9. The van der Waals surface area contributed by atoms with Crippen molar-refractivity contribution in [3.63, 3.8) is 0 Å². The Morgan fingerprint density at radius 1 is 1.35 bits per heavy atom. The van der Waals surface area contributed by atoms with E-state index in [1.54, 1.807) is 6.08 Å². The molecule has 0 saturated heterocycles. The summed E-state index contributed by atoms with van der Waals surface area (Å²) >= 11 is 0. The van der Waals surface area contributed by atoms with Crippen molar-refractivity contribution in [3.05, 3.63) is 41.3 Å². The van der Waals surface area contributed by atoms with Crippen molar-refractivity contribution in [1.29, 1.82) is 0 Å². The van der Waals surface area contributed by atoms with E-state index in [0.717, 1.165) is 11.3 Å². The molecule has 1 N–H and O–H groups in total. The molecular weight excluding hydrogens is 354 g/mol. The van der Waals surface area contributed by atoms with E-state index in [1.165, 1.54) is 5.41 Å². The number of para-hydroxylation sites is 1. The smallest absolute Gasteiger partial charge is 0.237 e. The monoisotopic (exact) mass is 379 g/mol. The number of sulfone groups is 1. The number of carbonyl (C=O) groups is 1. The van der Waals surface area contributed by atoms with Gasteiger partial charge in [0.15, 0.2) is 9.84 Å². The summed E-state index contributed by atoms with van der Waals surface area (Å²) < 4.78 is 28.9. The van der Waals surface area contributed by atoms with Gasteiger partial charge in [0.25, 0.3) is 0 Å². The number of hydrogen-bond acceptors (Lipinski definition) is 6. The van der Waals surface area contributed by atoms with Crippen LogP contribution < -0.4 is 10.1 Å². The van der Waals surface area contributed by atoms with Crippen LogP contribution in [0.2, 0.25) is 0 Å². The topological polar surface area (TPSA) is 79.0 Å². The Bertz CT molecular complexity index is 791. The molecule has 142 valence electrons. The molecule has 1 amide bonds. The molecule has 0 saturated carbocycles. The Morgan fingerprint density at radius 2 is 2.12 bits per heavy atom. The lowest BCUT2D eigenvalue weighted by Crippen LogP contribution is -2.50. The van der Waals surface area contributed by atoms with E-state index in [0.29, 0.717) is 19.7 Å². The van der Waals surface area contributed by atoms with Gasteiger partial charge in [-0.2, -0.15) is 0 Å². The number of hydrogen-bond donors (Lipinski definition) is 1. The predicted molar refractivity (Wildman–Crippen MR) is 99.5 cm³/mol. The third-order valence-electron chi connectivity index (χ3n) is 4.53. The zero-order valence-corrected chi connectivity index (χ0v) is 15.9. The van der Waals surface area contributed by atoms with Crippen molar-refractivity contribution in [3.8, 4) is 5.75 Å².